The lowest BCUT2D eigenvalue weighted by Gasteiger charge is -2.26. The molecule has 1 amide bonds. The van der Waals surface area contributed by atoms with Crippen LogP contribution in [0, 0.1) is 0 Å². The smallest absolute Gasteiger partial charge is 0.275 e. The molecule has 88 valence electrons. The van der Waals surface area contributed by atoms with Gasteiger partial charge < -0.3 is 0 Å². The predicted octanol–water partition coefficient (Wildman–Crippen LogP) is 3.40. The fourth-order valence-corrected chi connectivity index (χ4v) is 3.59. The van der Waals surface area contributed by atoms with Crippen molar-refractivity contribution in [2.24, 2.45) is 0 Å². The first-order valence-corrected chi connectivity index (χ1v) is 7.58. The van der Waals surface area contributed by atoms with E-state index in [1.165, 1.54) is 17.8 Å². The number of nitrogens with one attached hydrogen (secondary N) is 1. The maximum absolute atomic E-state index is 11.9. The summed E-state index contributed by atoms with van der Waals surface area (Å²) >= 11 is 8.21. The molecule has 0 saturated carbocycles. The van der Waals surface area contributed by atoms with Gasteiger partial charge in [-0.2, -0.15) is 0 Å². The number of hydrazine groups is 1. The Kier molecular flexibility index (Phi) is 4.41. The lowest BCUT2D eigenvalue weighted by Crippen LogP contribution is -2.44. The van der Waals surface area contributed by atoms with Crippen LogP contribution < -0.4 is 5.43 Å². The van der Waals surface area contributed by atoms with Crippen LogP contribution in [0.15, 0.2) is 14.3 Å². The Bertz CT molecular complexity index is 369. The van der Waals surface area contributed by atoms with Crippen LogP contribution >= 0.6 is 43.2 Å². The van der Waals surface area contributed by atoms with Gasteiger partial charge in [0.1, 0.15) is 0 Å². The summed E-state index contributed by atoms with van der Waals surface area (Å²) in [7, 11) is 0. The monoisotopic (exact) mass is 366 g/mol. The highest BCUT2D eigenvalue weighted by atomic mass is 79.9. The zero-order valence-electron chi connectivity index (χ0n) is 8.63. The first-order chi connectivity index (χ1) is 7.66. The second-order valence-electron chi connectivity index (χ2n) is 3.72. The average molecular weight is 368 g/mol. The van der Waals surface area contributed by atoms with Gasteiger partial charge in [-0.1, -0.05) is 6.42 Å². The largest absolute Gasteiger partial charge is 0.284 e. The molecule has 1 aromatic rings. The molecule has 0 aliphatic carbocycles. The molecule has 0 bridgehead atoms. The van der Waals surface area contributed by atoms with Crippen molar-refractivity contribution in [3.05, 3.63) is 19.2 Å². The van der Waals surface area contributed by atoms with Crippen molar-refractivity contribution in [2.45, 2.75) is 19.3 Å². The molecule has 0 atom stereocenters. The molecule has 1 N–H and O–H groups in total. The van der Waals surface area contributed by atoms with Crippen molar-refractivity contribution in [3.63, 3.8) is 0 Å². The minimum absolute atomic E-state index is 0.0155. The fourth-order valence-electron chi connectivity index (χ4n) is 1.66. The van der Waals surface area contributed by atoms with E-state index in [-0.39, 0.29) is 5.91 Å². The summed E-state index contributed by atoms with van der Waals surface area (Å²) in [5.74, 6) is -0.0155. The normalized spacial score (nSPS) is 17.4. The van der Waals surface area contributed by atoms with Gasteiger partial charge in [0.15, 0.2) is 0 Å². The first kappa shape index (κ1) is 12.5. The topological polar surface area (TPSA) is 32.3 Å². The third kappa shape index (κ3) is 3.06. The number of carbonyl (C=O) groups is 1. The van der Waals surface area contributed by atoms with Crippen molar-refractivity contribution >= 4 is 49.1 Å². The molecule has 0 unspecified atom stereocenters. The zero-order valence-corrected chi connectivity index (χ0v) is 12.6. The molecule has 0 radical (unpaired) electrons. The molecule has 3 nitrogen and oxygen atoms in total. The van der Waals surface area contributed by atoms with E-state index >= 15 is 0 Å². The molecular weight excluding hydrogens is 356 g/mol. The van der Waals surface area contributed by atoms with Crippen molar-refractivity contribution in [1.82, 2.24) is 10.4 Å². The van der Waals surface area contributed by atoms with Gasteiger partial charge in [-0.3, -0.25) is 10.2 Å². The van der Waals surface area contributed by atoms with Crippen LogP contribution in [0.3, 0.4) is 0 Å². The third-order valence-corrected chi connectivity index (χ3v) is 5.74. The van der Waals surface area contributed by atoms with Gasteiger partial charge in [0.25, 0.3) is 5.91 Å². The Hall–Kier alpha value is 0.0900. The molecule has 6 heteroatoms. The summed E-state index contributed by atoms with van der Waals surface area (Å²) < 4.78 is 1.89. The lowest BCUT2D eigenvalue weighted by molar-refractivity contribution is 0.0754. The molecule has 0 aromatic carbocycles. The standard InChI is InChI=1S/C10H12Br2N2OS/c11-7-6-8(16-9(7)12)10(15)13-14-4-2-1-3-5-14/h6H,1-5H2,(H,13,15). The number of nitrogens with zero attached hydrogens (tertiary/aromatic N) is 1. The molecule has 1 saturated heterocycles. The van der Waals surface area contributed by atoms with Gasteiger partial charge in [-0.15, -0.1) is 11.3 Å². The summed E-state index contributed by atoms with van der Waals surface area (Å²) in [4.78, 5) is 12.6. The number of carbonyl (C=O) groups excluding carboxylic acids is 1. The minimum atomic E-state index is -0.0155. The lowest BCUT2D eigenvalue weighted by atomic mass is 10.2. The number of piperidine rings is 1. The van der Waals surface area contributed by atoms with Crippen LogP contribution in [0.4, 0.5) is 0 Å². The number of thiophene rings is 1. The van der Waals surface area contributed by atoms with Crippen LogP contribution in [0.2, 0.25) is 0 Å². The highest BCUT2D eigenvalue weighted by Gasteiger charge is 2.16. The number of amides is 1. The third-order valence-electron chi connectivity index (χ3n) is 2.48. The second-order valence-corrected chi connectivity index (χ2v) is 6.95. The van der Waals surface area contributed by atoms with E-state index in [4.69, 9.17) is 0 Å². The maximum atomic E-state index is 11.9. The van der Waals surface area contributed by atoms with Crippen molar-refractivity contribution in [2.75, 3.05) is 13.1 Å². The van der Waals surface area contributed by atoms with Gasteiger partial charge in [0, 0.05) is 17.6 Å². The number of halogens is 2. The van der Waals surface area contributed by atoms with E-state index in [0.29, 0.717) is 0 Å². The quantitative estimate of drug-likeness (QED) is 0.868. The van der Waals surface area contributed by atoms with Crippen LogP contribution in [-0.4, -0.2) is 24.0 Å². The summed E-state index contributed by atoms with van der Waals surface area (Å²) in [6.07, 6.45) is 3.60. The Morgan fingerprint density at radius 2 is 2.00 bits per heavy atom. The molecule has 0 spiro atoms. The number of hydrogen-bond acceptors (Lipinski definition) is 3. The summed E-state index contributed by atoms with van der Waals surface area (Å²) in [5, 5.41) is 2.01. The summed E-state index contributed by atoms with van der Waals surface area (Å²) in [6.45, 7) is 1.92. The van der Waals surface area contributed by atoms with E-state index in [0.717, 1.165) is 39.1 Å². The molecule has 16 heavy (non-hydrogen) atoms. The van der Waals surface area contributed by atoms with E-state index in [2.05, 4.69) is 37.3 Å². The molecule has 1 aliphatic heterocycles. The van der Waals surface area contributed by atoms with E-state index in [1.54, 1.807) is 0 Å². The van der Waals surface area contributed by atoms with E-state index in [9.17, 15) is 4.79 Å². The summed E-state index contributed by atoms with van der Waals surface area (Å²) in [5.41, 5.74) is 2.94. The van der Waals surface area contributed by atoms with Crippen molar-refractivity contribution in [1.29, 1.82) is 0 Å². The first-order valence-electron chi connectivity index (χ1n) is 5.17. The van der Waals surface area contributed by atoms with Gasteiger partial charge >= 0.3 is 0 Å². The van der Waals surface area contributed by atoms with Crippen molar-refractivity contribution < 1.29 is 4.79 Å². The zero-order chi connectivity index (χ0) is 11.5. The molecule has 1 aliphatic rings. The maximum Gasteiger partial charge on any atom is 0.275 e. The number of rotatable bonds is 2. The Labute approximate surface area is 115 Å². The molecule has 2 heterocycles. The highest BCUT2D eigenvalue weighted by molar-refractivity contribution is 9.13. The second kappa shape index (κ2) is 5.62. The van der Waals surface area contributed by atoms with Crippen molar-refractivity contribution in [3.8, 4) is 0 Å². The van der Waals surface area contributed by atoms with Crippen LogP contribution in [0.5, 0.6) is 0 Å². The van der Waals surface area contributed by atoms with Gasteiger partial charge in [-0.25, -0.2) is 5.01 Å². The Morgan fingerprint density at radius 3 is 2.56 bits per heavy atom. The SMILES string of the molecule is O=C(NN1CCCCC1)c1cc(Br)c(Br)s1. The van der Waals surface area contributed by atoms with Gasteiger partial charge in [0.05, 0.1) is 8.66 Å². The van der Waals surface area contributed by atoms with E-state index in [1.807, 2.05) is 11.1 Å². The van der Waals surface area contributed by atoms with Crippen LogP contribution in [0.1, 0.15) is 28.9 Å². The Morgan fingerprint density at radius 1 is 1.31 bits per heavy atom. The molecule has 1 aromatic heterocycles. The molecular formula is C10H12Br2N2OS. The minimum Gasteiger partial charge on any atom is -0.284 e. The Balaban J connectivity index is 1.96. The van der Waals surface area contributed by atoms with Crippen LogP contribution in [-0.2, 0) is 0 Å². The molecule has 2 rings (SSSR count). The van der Waals surface area contributed by atoms with Gasteiger partial charge in [0.2, 0.25) is 0 Å². The fraction of sp³-hybridized carbons (Fsp3) is 0.500. The van der Waals surface area contributed by atoms with E-state index < -0.39 is 0 Å². The average Bonchev–Trinajstić information content (AvgIpc) is 2.61. The van der Waals surface area contributed by atoms with Crippen LogP contribution in [0.25, 0.3) is 0 Å². The predicted molar refractivity (Wildman–Crippen MR) is 72.6 cm³/mol. The van der Waals surface area contributed by atoms with Gasteiger partial charge in [-0.05, 0) is 50.8 Å². The molecule has 1 fully saturated rings. The highest BCUT2D eigenvalue weighted by Crippen LogP contribution is 2.32. The number of hydrogen-bond donors (Lipinski definition) is 1. The summed E-state index contributed by atoms with van der Waals surface area (Å²) in [6, 6.07) is 1.84.